The first kappa shape index (κ1) is 12.8. The number of carbonyl (C=O) groups is 1. The average molecular weight is 287 g/mol. The second-order valence-electron chi connectivity index (χ2n) is 4.79. The Balaban J connectivity index is 2.14. The van der Waals surface area contributed by atoms with Gasteiger partial charge in [-0.1, -0.05) is 19.9 Å². The van der Waals surface area contributed by atoms with E-state index in [1.807, 2.05) is 48.8 Å². The molecule has 0 saturated carbocycles. The molecule has 0 atom stereocenters. The molecule has 0 radical (unpaired) electrons. The highest BCUT2D eigenvalue weighted by atomic mass is 32.1. The number of rotatable bonds is 3. The van der Waals surface area contributed by atoms with Gasteiger partial charge < -0.3 is 9.51 Å². The SMILES string of the molecule is CC(C)c1nc(-c2cn3ccccc3n2)sc1C(=O)O. The minimum atomic E-state index is -0.929. The van der Waals surface area contributed by atoms with Crippen LogP contribution in [0.5, 0.6) is 0 Å². The fourth-order valence-corrected chi connectivity index (χ4v) is 3.04. The van der Waals surface area contributed by atoms with Crippen molar-refractivity contribution in [3.8, 4) is 10.7 Å². The maximum atomic E-state index is 11.3. The molecule has 3 rings (SSSR count). The van der Waals surface area contributed by atoms with Crippen molar-refractivity contribution in [1.82, 2.24) is 14.4 Å². The van der Waals surface area contributed by atoms with Crippen LogP contribution in [-0.4, -0.2) is 25.4 Å². The molecule has 20 heavy (non-hydrogen) atoms. The molecule has 0 fully saturated rings. The lowest BCUT2D eigenvalue weighted by molar-refractivity contribution is 0.0700. The second-order valence-corrected chi connectivity index (χ2v) is 5.78. The Hall–Kier alpha value is -2.21. The van der Waals surface area contributed by atoms with Crippen LogP contribution in [0.1, 0.15) is 35.1 Å². The Labute approximate surface area is 119 Å². The zero-order chi connectivity index (χ0) is 14.3. The summed E-state index contributed by atoms with van der Waals surface area (Å²) in [6.07, 6.45) is 3.77. The number of carboxylic acid groups (broad SMARTS) is 1. The van der Waals surface area contributed by atoms with Crippen molar-refractivity contribution >= 4 is 23.0 Å². The van der Waals surface area contributed by atoms with E-state index in [9.17, 15) is 9.90 Å². The summed E-state index contributed by atoms with van der Waals surface area (Å²) in [7, 11) is 0. The van der Waals surface area contributed by atoms with Crippen molar-refractivity contribution in [3.63, 3.8) is 0 Å². The number of nitrogens with zero attached hydrogens (tertiary/aromatic N) is 3. The largest absolute Gasteiger partial charge is 0.477 e. The normalized spacial score (nSPS) is 11.3. The van der Waals surface area contributed by atoms with Crippen LogP contribution in [0.15, 0.2) is 30.6 Å². The van der Waals surface area contributed by atoms with E-state index in [-0.39, 0.29) is 5.92 Å². The van der Waals surface area contributed by atoms with Crippen LogP contribution in [-0.2, 0) is 0 Å². The van der Waals surface area contributed by atoms with Crippen LogP contribution in [0.25, 0.3) is 16.3 Å². The van der Waals surface area contributed by atoms with Crippen molar-refractivity contribution in [2.45, 2.75) is 19.8 Å². The van der Waals surface area contributed by atoms with Crippen molar-refractivity contribution in [2.75, 3.05) is 0 Å². The fraction of sp³-hybridized carbons (Fsp3) is 0.214. The van der Waals surface area contributed by atoms with Gasteiger partial charge in [-0.25, -0.2) is 14.8 Å². The molecule has 3 aromatic rings. The molecule has 0 unspecified atom stereocenters. The van der Waals surface area contributed by atoms with Gasteiger partial charge in [0.1, 0.15) is 21.2 Å². The predicted molar refractivity (Wildman–Crippen MR) is 77.3 cm³/mol. The molecule has 3 aromatic heterocycles. The number of hydrogen-bond acceptors (Lipinski definition) is 4. The zero-order valence-electron chi connectivity index (χ0n) is 11.1. The van der Waals surface area contributed by atoms with E-state index in [2.05, 4.69) is 9.97 Å². The van der Waals surface area contributed by atoms with Gasteiger partial charge >= 0.3 is 5.97 Å². The molecule has 102 valence electrons. The highest BCUT2D eigenvalue weighted by molar-refractivity contribution is 7.17. The molecule has 0 aliphatic carbocycles. The van der Waals surface area contributed by atoms with Crippen LogP contribution in [0.2, 0.25) is 0 Å². The quantitative estimate of drug-likeness (QED) is 0.802. The van der Waals surface area contributed by atoms with Gasteiger partial charge in [-0.2, -0.15) is 0 Å². The minimum Gasteiger partial charge on any atom is -0.477 e. The average Bonchev–Trinajstić information content (AvgIpc) is 3.02. The summed E-state index contributed by atoms with van der Waals surface area (Å²) in [6.45, 7) is 3.88. The molecular formula is C14H13N3O2S. The van der Waals surface area contributed by atoms with E-state index in [0.717, 1.165) is 5.65 Å². The zero-order valence-corrected chi connectivity index (χ0v) is 11.9. The molecule has 0 saturated heterocycles. The lowest BCUT2D eigenvalue weighted by Gasteiger charge is -2.00. The molecule has 6 heteroatoms. The number of aromatic nitrogens is 3. The number of hydrogen-bond donors (Lipinski definition) is 1. The Kier molecular flexibility index (Phi) is 3.02. The molecule has 0 aromatic carbocycles. The maximum Gasteiger partial charge on any atom is 0.347 e. The Morgan fingerprint density at radius 2 is 2.15 bits per heavy atom. The second kappa shape index (κ2) is 4.72. The van der Waals surface area contributed by atoms with E-state index in [0.29, 0.717) is 21.3 Å². The third-order valence-electron chi connectivity index (χ3n) is 2.98. The van der Waals surface area contributed by atoms with E-state index in [1.54, 1.807) is 0 Å². The van der Waals surface area contributed by atoms with Crippen LogP contribution < -0.4 is 0 Å². The summed E-state index contributed by atoms with van der Waals surface area (Å²) < 4.78 is 1.90. The first-order valence-electron chi connectivity index (χ1n) is 6.24. The first-order chi connectivity index (χ1) is 9.56. The summed E-state index contributed by atoms with van der Waals surface area (Å²) in [4.78, 5) is 20.5. The third-order valence-corrected chi connectivity index (χ3v) is 4.06. The molecule has 0 aliphatic heterocycles. The fourth-order valence-electron chi connectivity index (χ4n) is 2.02. The van der Waals surface area contributed by atoms with Gasteiger partial charge in [-0.05, 0) is 18.1 Å². The van der Waals surface area contributed by atoms with Gasteiger partial charge in [0, 0.05) is 12.4 Å². The smallest absolute Gasteiger partial charge is 0.347 e. The van der Waals surface area contributed by atoms with Gasteiger partial charge in [0.25, 0.3) is 0 Å². The monoisotopic (exact) mass is 287 g/mol. The maximum absolute atomic E-state index is 11.3. The van der Waals surface area contributed by atoms with E-state index in [4.69, 9.17) is 0 Å². The first-order valence-corrected chi connectivity index (χ1v) is 7.06. The number of thiazole rings is 1. The molecule has 0 amide bonds. The summed E-state index contributed by atoms with van der Waals surface area (Å²) in [5.74, 6) is -0.857. The lowest BCUT2D eigenvalue weighted by Crippen LogP contribution is -2.00. The van der Waals surface area contributed by atoms with Crippen LogP contribution in [0.3, 0.4) is 0 Å². The Morgan fingerprint density at radius 1 is 1.35 bits per heavy atom. The summed E-state index contributed by atoms with van der Waals surface area (Å²) >= 11 is 1.18. The predicted octanol–water partition coefficient (Wildman–Crippen LogP) is 3.28. The van der Waals surface area contributed by atoms with Crippen molar-refractivity contribution in [2.24, 2.45) is 0 Å². The number of aromatic carboxylic acids is 1. The van der Waals surface area contributed by atoms with Crippen LogP contribution in [0, 0.1) is 0 Å². The van der Waals surface area contributed by atoms with E-state index >= 15 is 0 Å². The van der Waals surface area contributed by atoms with Gasteiger partial charge in [-0.15, -0.1) is 11.3 Å². The highest BCUT2D eigenvalue weighted by Gasteiger charge is 2.21. The van der Waals surface area contributed by atoms with E-state index < -0.39 is 5.97 Å². The summed E-state index contributed by atoms with van der Waals surface area (Å²) in [5.41, 5.74) is 2.14. The van der Waals surface area contributed by atoms with Crippen LogP contribution in [0.4, 0.5) is 0 Å². The van der Waals surface area contributed by atoms with Gasteiger partial charge in [0.05, 0.1) is 5.69 Å². The highest BCUT2D eigenvalue weighted by Crippen LogP contribution is 2.31. The third kappa shape index (κ3) is 2.08. The molecule has 0 aliphatic rings. The molecule has 0 bridgehead atoms. The minimum absolute atomic E-state index is 0.0723. The van der Waals surface area contributed by atoms with Gasteiger partial charge in [0.15, 0.2) is 0 Å². The van der Waals surface area contributed by atoms with Crippen molar-refractivity contribution in [3.05, 3.63) is 41.2 Å². The number of carboxylic acids is 1. The lowest BCUT2D eigenvalue weighted by atomic mass is 10.1. The van der Waals surface area contributed by atoms with Crippen molar-refractivity contribution in [1.29, 1.82) is 0 Å². The molecule has 0 spiro atoms. The van der Waals surface area contributed by atoms with Gasteiger partial charge in [-0.3, -0.25) is 0 Å². The molecule has 1 N–H and O–H groups in total. The topological polar surface area (TPSA) is 67.5 Å². The van der Waals surface area contributed by atoms with E-state index in [1.165, 1.54) is 11.3 Å². The molecule has 3 heterocycles. The number of fused-ring (bicyclic) bond motifs is 1. The molecule has 5 nitrogen and oxygen atoms in total. The van der Waals surface area contributed by atoms with Crippen molar-refractivity contribution < 1.29 is 9.90 Å². The Morgan fingerprint density at radius 3 is 2.75 bits per heavy atom. The number of imidazole rings is 1. The molecular weight excluding hydrogens is 274 g/mol. The summed E-state index contributed by atoms with van der Waals surface area (Å²) in [5, 5.41) is 9.91. The standard InChI is InChI=1S/C14H13N3O2S/c1-8(2)11-12(14(18)19)20-13(16-11)9-7-17-6-4-3-5-10(17)15-9/h3-8H,1-2H3,(H,18,19). The van der Waals surface area contributed by atoms with Crippen LogP contribution >= 0.6 is 11.3 Å². The Bertz CT molecular complexity index is 756. The number of pyridine rings is 1. The summed E-state index contributed by atoms with van der Waals surface area (Å²) in [6, 6.07) is 5.73. The van der Waals surface area contributed by atoms with Gasteiger partial charge in [0.2, 0.25) is 0 Å².